The number of nitrogens with one attached hydrogen (secondary N) is 1. The highest BCUT2D eigenvalue weighted by Crippen LogP contribution is 2.24. The molecule has 1 atom stereocenters. The third-order valence-electron chi connectivity index (χ3n) is 3.55. The molecule has 0 bridgehead atoms. The predicted molar refractivity (Wildman–Crippen MR) is 79.9 cm³/mol. The summed E-state index contributed by atoms with van der Waals surface area (Å²) < 4.78 is 20.3. The Hall–Kier alpha value is -2.56. The van der Waals surface area contributed by atoms with E-state index in [1.54, 1.807) is 37.4 Å². The summed E-state index contributed by atoms with van der Waals surface area (Å²) in [6.07, 6.45) is 0. The van der Waals surface area contributed by atoms with Gasteiger partial charge in [0.05, 0.1) is 11.6 Å². The first-order valence-corrected chi connectivity index (χ1v) is 6.67. The molecule has 21 heavy (non-hydrogen) atoms. The summed E-state index contributed by atoms with van der Waals surface area (Å²) in [4.78, 5) is 11.5. The van der Waals surface area contributed by atoms with Crippen molar-refractivity contribution in [2.24, 2.45) is 7.05 Å². The van der Waals surface area contributed by atoms with Crippen LogP contribution in [0.2, 0.25) is 0 Å². The summed E-state index contributed by atoms with van der Waals surface area (Å²) in [5, 5.41) is 3.21. The molecule has 0 fully saturated rings. The second kappa shape index (κ2) is 5.09. The van der Waals surface area contributed by atoms with E-state index >= 15 is 0 Å². The molecule has 4 nitrogen and oxygen atoms in total. The van der Waals surface area contributed by atoms with E-state index in [0.29, 0.717) is 11.1 Å². The SMILES string of the molecule is CC(Nc1ccc2c(c1)oc(=O)n2C)c1ccccc1F. The van der Waals surface area contributed by atoms with Crippen LogP contribution in [0.4, 0.5) is 10.1 Å². The van der Waals surface area contributed by atoms with Crippen LogP contribution in [-0.2, 0) is 7.05 Å². The Bertz CT molecular complexity index is 851. The van der Waals surface area contributed by atoms with E-state index in [1.807, 2.05) is 13.0 Å². The van der Waals surface area contributed by atoms with Gasteiger partial charge in [-0.25, -0.2) is 9.18 Å². The summed E-state index contributed by atoms with van der Waals surface area (Å²) in [5.41, 5.74) is 2.59. The number of anilines is 1. The molecule has 0 aliphatic carbocycles. The van der Waals surface area contributed by atoms with Crippen molar-refractivity contribution in [2.75, 3.05) is 5.32 Å². The van der Waals surface area contributed by atoms with Crippen LogP contribution < -0.4 is 11.1 Å². The zero-order chi connectivity index (χ0) is 15.0. The molecular weight excluding hydrogens is 271 g/mol. The number of hydrogen-bond acceptors (Lipinski definition) is 3. The average Bonchev–Trinajstić information content (AvgIpc) is 2.74. The van der Waals surface area contributed by atoms with Crippen molar-refractivity contribution in [3.8, 4) is 0 Å². The summed E-state index contributed by atoms with van der Waals surface area (Å²) in [5.74, 6) is -0.644. The molecule has 1 aromatic heterocycles. The van der Waals surface area contributed by atoms with Crippen LogP contribution in [0.5, 0.6) is 0 Å². The highest BCUT2D eigenvalue weighted by atomic mass is 19.1. The molecule has 2 aromatic carbocycles. The van der Waals surface area contributed by atoms with Gasteiger partial charge in [0.1, 0.15) is 5.82 Å². The van der Waals surface area contributed by atoms with E-state index in [-0.39, 0.29) is 11.9 Å². The monoisotopic (exact) mass is 286 g/mol. The maximum atomic E-state index is 13.7. The third kappa shape index (κ3) is 2.42. The molecule has 0 aliphatic heterocycles. The van der Waals surface area contributed by atoms with E-state index < -0.39 is 5.76 Å². The van der Waals surface area contributed by atoms with Gasteiger partial charge in [-0.3, -0.25) is 4.57 Å². The molecule has 3 rings (SSSR count). The van der Waals surface area contributed by atoms with Crippen molar-refractivity contribution in [3.05, 3.63) is 64.4 Å². The highest BCUT2D eigenvalue weighted by molar-refractivity contribution is 5.77. The molecule has 1 heterocycles. The Morgan fingerprint density at radius 1 is 1.24 bits per heavy atom. The average molecular weight is 286 g/mol. The van der Waals surface area contributed by atoms with Crippen molar-refractivity contribution in [3.63, 3.8) is 0 Å². The van der Waals surface area contributed by atoms with Gasteiger partial charge >= 0.3 is 5.76 Å². The van der Waals surface area contributed by atoms with Gasteiger partial charge in [0.25, 0.3) is 0 Å². The number of halogens is 1. The van der Waals surface area contributed by atoms with Gasteiger partial charge in [-0.1, -0.05) is 18.2 Å². The van der Waals surface area contributed by atoms with Crippen LogP contribution >= 0.6 is 0 Å². The number of hydrogen-bond donors (Lipinski definition) is 1. The quantitative estimate of drug-likeness (QED) is 0.802. The van der Waals surface area contributed by atoms with Crippen LogP contribution in [0.15, 0.2) is 51.7 Å². The lowest BCUT2D eigenvalue weighted by Crippen LogP contribution is -2.08. The van der Waals surface area contributed by atoms with Crippen LogP contribution in [0.3, 0.4) is 0 Å². The van der Waals surface area contributed by atoms with Crippen LogP contribution in [-0.4, -0.2) is 4.57 Å². The maximum Gasteiger partial charge on any atom is 0.419 e. The molecule has 3 aromatic rings. The number of aryl methyl sites for hydroxylation is 1. The Balaban J connectivity index is 1.91. The Labute approximate surface area is 120 Å². The zero-order valence-electron chi connectivity index (χ0n) is 11.8. The van der Waals surface area contributed by atoms with Crippen molar-refractivity contribution in [1.29, 1.82) is 0 Å². The predicted octanol–water partition coefficient (Wildman–Crippen LogP) is 3.44. The van der Waals surface area contributed by atoms with Crippen molar-refractivity contribution < 1.29 is 8.81 Å². The van der Waals surface area contributed by atoms with Gasteiger partial charge in [0, 0.05) is 24.4 Å². The van der Waals surface area contributed by atoms with E-state index in [2.05, 4.69) is 5.32 Å². The molecule has 0 spiro atoms. The van der Waals surface area contributed by atoms with Crippen molar-refractivity contribution in [2.45, 2.75) is 13.0 Å². The highest BCUT2D eigenvalue weighted by Gasteiger charge is 2.11. The van der Waals surface area contributed by atoms with Gasteiger partial charge in [0.15, 0.2) is 5.58 Å². The lowest BCUT2D eigenvalue weighted by Gasteiger charge is -2.16. The summed E-state index contributed by atoms with van der Waals surface area (Å²) in [6.45, 7) is 1.88. The van der Waals surface area contributed by atoms with Crippen LogP contribution in [0.25, 0.3) is 11.1 Å². The Morgan fingerprint density at radius 2 is 2.00 bits per heavy atom. The van der Waals surface area contributed by atoms with Gasteiger partial charge in [0.2, 0.25) is 0 Å². The second-order valence-electron chi connectivity index (χ2n) is 5.00. The minimum atomic E-state index is -0.399. The molecule has 0 aliphatic rings. The third-order valence-corrected chi connectivity index (χ3v) is 3.55. The van der Waals surface area contributed by atoms with Gasteiger partial charge < -0.3 is 9.73 Å². The van der Waals surface area contributed by atoms with E-state index in [4.69, 9.17) is 4.42 Å². The van der Waals surface area contributed by atoms with Gasteiger partial charge in [-0.2, -0.15) is 0 Å². The van der Waals surface area contributed by atoms with Crippen molar-refractivity contribution in [1.82, 2.24) is 4.57 Å². The Kier molecular flexibility index (Phi) is 3.25. The largest absolute Gasteiger partial charge is 0.419 e. The van der Waals surface area contributed by atoms with E-state index in [1.165, 1.54) is 10.6 Å². The molecule has 0 saturated heterocycles. The molecule has 1 unspecified atom stereocenters. The number of nitrogens with zero attached hydrogens (tertiary/aromatic N) is 1. The molecule has 0 amide bonds. The number of oxazole rings is 1. The molecule has 0 radical (unpaired) electrons. The standard InChI is InChI=1S/C16H15FN2O2/c1-10(12-5-3-4-6-13(12)17)18-11-7-8-14-15(9-11)21-16(20)19(14)2/h3-10,18H,1-2H3. The van der Waals surface area contributed by atoms with E-state index in [9.17, 15) is 9.18 Å². The Morgan fingerprint density at radius 3 is 2.76 bits per heavy atom. The lowest BCUT2D eigenvalue weighted by atomic mass is 10.1. The van der Waals surface area contributed by atoms with Crippen LogP contribution in [0, 0.1) is 5.82 Å². The number of benzene rings is 2. The first kappa shape index (κ1) is 13.4. The lowest BCUT2D eigenvalue weighted by molar-refractivity contribution is 0.528. The molecule has 108 valence electrons. The second-order valence-corrected chi connectivity index (χ2v) is 5.00. The minimum absolute atomic E-state index is 0.195. The number of fused-ring (bicyclic) bond motifs is 1. The summed E-state index contributed by atoms with van der Waals surface area (Å²) in [6, 6.07) is 11.8. The van der Waals surface area contributed by atoms with Gasteiger partial charge in [-0.05, 0) is 25.1 Å². The smallest absolute Gasteiger partial charge is 0.408 e. The van der Waals surface area contributed by atoms with E-state index in [0.717, 1.165) is 11.2 Å². The van der Waals surface area contributed by atoms with Crippen LogP contribution in [0.1, 0.15) is 18.5 Å². The fourth-order valence-electron chi connectivity index (χ4n) is 2.38. The molecule has 0 saturated carbocycles. The maximum absolute atomic E-state index is 13.7. The zero-order valence-corrected chi connectivity index (χ0v) is 11.8. The molecule has 1 N–H and O–H groups in total. The number of rotatable bonds is 3. The van der Waals surface area contributed by atoms with Crippen molar-refractivity contribution >= 4 is 16.8 Å². The first-order valence-electron chi connectivity index (χ1n) is 6.67. The topological polar surface area (TPSA) is 47.2 Å². The summed E-state index contributed by atoms with van der Waals surface area (Å²) >= 11 is 0. The fraction of sp³-hybridized carbons (Fsp3) is 0.188. The number of aromatic nitrogens is 1. The molecular formula is C16H15FN2O2. The minimum Gasteiger partial charge on any atom is -0.408 e. The fourth-order valence-corrected chi connectivity index (χ4v) is 2.38. The summed E-state index contributed by atoms with van der Waals surface area (Å²) in [7, 11) is 1.66. The normalized spacial score (nSPS) is 12.5. The van der Waals surface area contributed by atoms with Gasteiger partial charge in [-0.15, -0.1) is 0 Å². The molecule has 5 heteroatoms. The first-order chi connectivity index (χ1) is 10.1.